The lowest BCUT2D eigenvalue weighted by molar-refractivity contribution is -0.122. The molecule has 0 saturated carbocycles. The molecule has 1 atom stereocenters. The van der Waals surface area contributed by atoms with Crippen molar-refractivity contribution in [2.75, 3.05) is 0 Å². The molecule has 1 aromatic carbocycles. The fourth-order valence-corrected chi connectivity index (χ4v) is 2.46. The number of aromatic nitrogens is 4. The van der Waals surface area contributed by atoms with Gasteiger partial charge in [-0.3, -0.25) is 18.8 Å². The van der Waals surface area contributed by atoms with Crippen LogP contribution in [-0.2, 0) is 18.4 Å². The largest absolute Gasteiger partial charge is 0.348 e. The molecule has 3 aromatic rings. The van der Waals surface area contributed by atoms with Crippen molar-refractivity contribution in [1.82, 2.24) is 24.6 Å². The molecule has 0 radical (unpaired) electrons. The summed E-state index contributed by atoms with van der Waals surface area (Å²) in [6, 6.07) is 5.58. The number of nitrogens with one attached hydrogen (secondary N) is 1. The van der Waals surface area contributed by atoms with Crippen molar-refractivity contribution in [1.29, 1.82) is 0 Å². The Hall–Kier alpha value is -3.03. The van der Waals surface area contributed by atoms with E-state index < -0.39 is 0 Å². The maximum Gasteiger partial charge on any atom is 0.264 e. The number of nitrogens with zero attached hydrogens (tertiary/aromatic N) is 4. The number of carbonyl (C=O) groups excluding carboxylic acids is 1. The van der Waals surface area contributed by atoms with Crippen LogP contribution >= 0.6 is 0 Å². The van der Waals surface area contributed by atoms with Gasteiger partial charge in [0.25, 0.3) is 5.56 Å². The van der Waals surface area contributed by atoms with Crippen molar-refractivity contribution in [3.63, 3.8) is 0 Å². The number of hydrogen-bond donors (Lipinski definition) is 1. The normalized spacial score (nSPS) is 12.3. The van der Waals surface area contributed by atoms with E-state index in [4.69, 9.17) is 0 Å². The van der Waals surface area contributed by atoms with Crippen LogP contribution in [0.2, 0.25) is 0 Å². The van der Waals surface area contributed by atoms with E-state index in [1.165, 1.54) is 33.9 Å². The second-order valence-corrected chi connectivity index (χ2v) is 5.52. The molecule has 0 bridgehead atoms. The molecule has 0 aliphatic carbocycles. The first-order valence-corrected chi connectivity index (χ1v) is 7.37. The van der Waals surface area contributed by atoms with Gasteiger partial charge in [-0.05, 0) is 24.6 Å². The zero-order valence-corrected chi connectivity index (χ0v) is 13.2. The fraction of sp³-hybridized carbons (Fsp3) is 0.250. The molecule has 124 valence electrons. The molecule has 2 aromatic heterocycles. The van der Waals surface area contributed by atoms with Gasteiger partial charge in [0.15, 0.2) is 5.65 Å². The van der Waals surface area contributed by atoms with E-state index in [-0.39, 0.29) is 29.9 Å². The first kappa shape index (κ1) is 15.9. The molecular weight excluding hydrogens is 313 g/mol. The summed E-state index contributed by atoms with van der Waals surface area (Å²) in [4.78, 5) is 28.6. The molecule has 1 N–H and O–H groups in total. The Morgan fingerprint density at radius 2 is 2.04 bits per heavy atom. The van der Waals surface area contributed by atoms with E-state index in [1.54, 1.807) is 26.1 Å². The predicted molar refractivity (Wildman–Crippen MR) is 85.7 cm³/mol. The highest BCUT2D eigenvalue weighted by Gasteiger charge is 2.13. The summed E-state index contributed by atoms with van der Waals surface area (Å²) in [5.74, 6) is -0.668. The van der Waals surface area contributed by atoms with Crippen molar-refractivity contribution in [2.45, 2.75) is 19.5 Å². The highest BCUT2D eigenvalue weighted by Crippen LogP contribution is 2.12. The van der Waals surface area contributed by atoms with Crippen LogP contribution in [-0.4, -0.2) is 25.2 Å². The zero-order valence-electron chi connectivity index (χ0n) is 13.2. The summed E-state index contributed by atoms with van der Waals surface area (Å²) in [5, 5.41) is 7.12. The summed E-state index contributed by atoms with van der Waals surface area (Å²) in [6.45, 7) is 1.64. The van der Waals surface area contributed by atoms with Gasteiger partial charge in [0.05, 0.1) is 12.2 Å². The molecule has 0 saturated heterocycles. The second-order valence-electron chi connectivity index (χ2n) is 5.52. The highest BCUT2D eigenvalue weighted by molar-refractivity contribution is 5.77. The van der Waals surface area contributed by atoms with Crippen LogP contribution in [0.4, 0.5) is 4.39 Å². The van der Waals surface area contributed by atoms with Crippen LogP contribution in [0.1, 0.15) is 18.5 Å². The SMILES string of the molecule is C[C@@H](NC(=O)Cn1cnc2c(cnn2C)c1=O)c1ccc(F)cc1. The Morgan fingerprint density at radius 3 is 2.75 bits per heavy atom. The number of fused-ring (bicyclic) bond motifs is 1. The van der Waals surface area contributed by atoms with E-state index >= 15 is 0 Å². The molecule has 0 aliphatic heterocycles. The fourth-order valence-electron chi connectivity index (χ4n) is 2.46. The van der Waals surface area contributed by atoms with E-state index in [9.17, 15) is 14.0 Å². The minimum atomic E-state index is -0.334. The molecule has 2 heterocycles. The first-order chi connectivity index (χ1) is 11.5. The average Bonchev–Trinajstić information content (AvgIpc) is 2.92. The number of halogens is 1. The van der Waals surface area contributed by atoms with Gasteiger partial charge in [-0.1, -0.05) is 12.1 Å². The van der Waals surface area contributed by atoms with Gasteiger partial charge in [0.2, 0.25) is 5.91 Å². The van der Waals surface area contributed by atoms with E-state index in [0.717, 1.165) is 5.56 Å². The number of aryl methyl sites for hydroxylation is 1. The van der Waals surface area contributed by atoms with E-state index in [2.05, 4.69) is 15.4 Å². The Labute approximate surface area is 136 Å². The predicted octanol–water partition coefficient (Wildman–Crippen LogP) is 1.15. The number of carbonyl (C=O) groups is 1. The Kier molecular flexibility index (Phi) is 4.11. The Bertz CT molecular complexity index is 945. The van der Waals surface area contributed by atoms with Gasteiger partial charge in [-0.2, -0.15) is 5.10 Å². The quantitative estimate of drug-likeness (QED) is 0.778. The smallest absolute Gasteiger partial charge is 0.264 e. The summed E-state index contributed by atoms with van der Waals surface area (Å²) in [7, 11) is 1.69. The highest BCUT2D eigenvalue weighted by atomic mass is 19.1. The van der Waals surface area contributed by atoms with Gasteiger partial charge in [0.1, 0.15) is 24.1 Å². The van der Waals surface area contributed by atoms with Crippen LogP contribution < -0.4 is 10.9 Å². The third kappa shape index (κ3) is 3.03. The summed E-state index contributed by atoms with van der Waals surface area (Å²) in [5.41, 5.74) is 0.923. The van der Waals surface area contributed by atoms with Crippen LogP contribution in [0.5, 0.6) is 0 Å². The average molecular weight is 329 g/mol. The number of hydrogen-bond acceptors (Lipinski definition) is 4. The molecule has 0 unspecified atom stereocenters. The summed E-state index contributed by atoms with van der Waals surface area (Å²) in [6.07, 6.45) is 2.76. The van der Waals surface area contributed by atoms with Crippen molar-refractivity contribution < 1.29 is 9.18 Å². The molecule has 0 spiro atoms. The monoisotopic (exact) mass is 329 g/mol. The lowest BCUT2D eigenvalue weighted by atomic mass is 10.1. The van der Waals surface area contributed by atoms with Crippen LogP contribution in [0.25, 0.3) is 11.0 Å². The van der Waals surface area contributed by atoms with E-state index in [1.807, 2.05) is 0 Å². The lowest BCUT2D eigenvalue weighted by Gasteiger charge is -2.15. The minimum absolute atomic E-state index is 0.151. The Morgan fingerprint density at radius 1 is 1.33 bits per heavy atom. The van der Waals surface area contributed by atoms with Gasteiger partial charge < -0.3 is 5.32 Å². The Balaban J connectivity index is 1.74. The number of benzene rings is 1. The van der Waals surface area contributed by atoms with Crippen molar-refractivity contribution in [3.8, 4) is 0 Å². The lowest BCUT2D eigenvalue weighted by Crippen LogP contribution is -2.33. The zero-order chi connectivity index (χ0) is 17.3. The maximum atomic E-state index is 12.9. The molecule has 3 rings (SSSR count). The molecule has 24 heavy (non-hydrogen) atoms. The van der Waals surface area contributed by atoms with Crippen LogP contribution in [0.3, 0.4) is 0 Å². The third-order valence-electron chi connectivity index (χ3n) is 3.78. The van der Waals surface area contributed by atoms with Gasteiger partial charge in [0, 0.05) is 7.05 Å². The van der Waals surface area contributed by atoms with Crippen molar-refractivity contribution >= 4 is 16.9 Å². The molecule has 1 amide bonds. The summed E-state index contributed by atoms with van der Waals surface area (Å²) >= 11 is 0. The first-order valence-electron chi connectivity index (χ1n) is 7.37. The van der Waals surface area contributed by atoms with Gasteiger partial charge >= 0.3 is 0 Å². The van der Waals surface area contributed by atoms with E-state index in [0.29, 0.717) is 11.0 Å². The van der Waals surface area contributed by atoms with Crippen molar-refractivity contribution in [2.24, 2.45) is 7.05 Å². The topological polar surface area (TPSA) is 81.8 Å². The van der Waals surface area contributed by atoms with Gasteiger partial charge in [-0.25, -0.2) is 9.37 Å². The molecule has 0 aliphatic rings. The second kappa shape index (κ2) is 6.23. The number of rotatable bonds is 4. The number of amides is 1. The molecule has 8 heteroatoms. The molecule has 0 fully saturated rings. The maximum absolute atomic E-state index is 12.9. The molecule has 7 nitrogen and oxygen atoms in total. The van der Waals surface area contributed by atoms with Crippen LogP contribution in [0.15, 0.2) is 41.6 Å². The van der Waals surface area contributed by atoms with Gasteiger partial charge in [-0.15, -0.1) is 0 Å². The standard InChI is InChI=1S/C16H16FN5O2/c1-10(11-3-5-12(17)6-4-11)20-14(23)8-22-9-18-15-13(16(22)24)7-19-21(15)2/h3-7,9-10H,8H2,1-2H3,(H,20,23)/t10-/m1/s1. The van der Waals surface area contributed by atoms with Crippen LogP contribution in [0, 0.1) is 5.82 Å². The van der Waals surface area contributed by atoms with Crippen molar-refractivity contribution in [3.05, 3.63) is 58.5 Å². The molecular formula is C16H16FN5O2. The minimum Gasteiger partial charge on any atom is -0.348 e. The third-order valence-corrected chi connectivity index (χ3v) is 3.78. The summed E-state index contributed by atoms with van der Waals surface area (Å²) < 4.78 is 15.7.